The van der Waals surface area contributed by atoms with Crippen molar-refractivity contribution < 1.29 is 0 Å². The van der Waals surface area contributed by atoms with Crippen molar-refractivity contribution in [2.75, 3.05) is 5.32 Å². The van der Waals surface area contributed by atoms with Gasteiger partial charge in [-0.2, -0.15) is 0 Å². The Kier molecular flexibility index (Phi) is 4.60. The second-order valence-corrected chi connectivity index (χ2v) is 4.18. The minimum atomic E-state index is 0.482. The van der Waals surface area contributed by atoms with Crippen molar-refractivity contribution >= 4 is 5.82 Å². The normalized spacial score (nSPS) is 14.7. The van der Waals surface area contributed by atoms with Crippen LogP contribution in [0.5, 0.6) is 0 Å². The van der Waals surface area contributed by atoms with E-state index in [-0.39, 0.29) is 0 Å². The van der Waals surface area contributed by atoms with Crippen LogP contribution in [0.4, 0.5) is 5.82 Å². The van der Waals surface area contributed by atoms with Gasteiger partial charge in [0.15, 0.2) is 0 Å². The first kappa shape index (κ1) is 12.0. The van der Waals surface area contributed by atoms with Gasteiger partial charge in [-0.25, -0.2) is 4.98 Å². The van der Waals surface area contributed by atoms with Crippen molar-refractivity contribution in [1.82, 2.24) is 4.98 Å². The lowest BCUT2D eigenvalue weighted by atomic mass is 10.0. The Balaban J connectivity index is 2.71. The number of rotatable bonds is 5. The van der Waals surface area contributed by atoms with Crippen molar-refractivity contribution in [3.63, 3.8) is 0 Å². The first-order chi connectivity index (χ1) is 7.19. The number of anilines is 1. The fourth-order valence-electron chi connectivity index (χ4n) is 1.57. The molecule has 0 saturated heterocycles. The number of hydrogen-bond acceptors (Lipinski definition) is 2. The van der Waals surface area contributed by atoms with E-state index >= 15 is 0 Å². The summed E-state index contributed by atoms with van der Waals surface area (Å²) in [5, 5.41) is 3.50. The molecule has 0 fully saturated rings. The van der Waals surface area contributed by atoms with E-state index in [0.717, 1.165) is 12.2 Å². The van der Waals surface area contributed by atoms with Gasteiger partial charge in [-0.05, 0) is 30.9 Å². The molecule has 0 amide bonds. The molecule has 2 unspecified atom stereocenters. The fourth-order valence-corrected chi connectivity index (χ4v) is 1.57. The molecule has 2 atom stereocenters. The highest BCUT2D eigenvalue weighted by Gasteiger charge is 2.11. The van der Waals surface area contributed by atoms with Gasteiger partial charge >= 0.3 is 0 Å². The molecule has 1 N–H and O–H groups in total. The summed E-state index contributed by atoms with van der Waals surface area (Å²) >= 11 is 0. The molecule has 0 radical (unpaired) electrons. The minimum absolute atomic E-state index is 0.482. The summed E-state index contributed by atoms with van der Waals surface area (Å²) in [5.41, 5.74) is 1.30. The lowest BCUT2D eigenvalue weighted by molar-refractivity contribution is 0.493. The first-order valence-corrected chi connectivity index (χ1v) is 5.89. The van der Waals surface area contributed by atoms with Crippen molar-refractivity contribution in [3.05, 3.63) is 23.9 Å². The van der Waals surface area contributed by atoms with Crippen LogP contribution in [0.3, 0.4) is 0 Å². The van der Waals surface area contributed by atoms with Crippen LogP contribution in [-0.2, 0) is 6.42 Å². The third kappa shape index (κ3) is 3.22. The molecule has 0 aliphatic carbocycles. The van der Waals surface area contributed by atoms with Crippen molar-refractivity contribution in [2.45, 2.75) is 46.6 Å². The lowest BCUT2D eigenvalue weighted by Gasteiger charge is -2.21. The van der Waals surface area contributed by atoms with E-state index in [1.165, 1.54) is 12.0 Å². The van der Waals surface area contributed by atoms with Crippen molar-refractivity contribution in [1.29, 1.82) is 0 Å². The summed E-state index contributed by atoms with van der Waals surface area (Å²) in [7, 11) is 0. The Bertz CT molecular complexity index is 296. The second kappa shape index (κ2) is 5.74. The van der Waals surface area contributed by atoms with Crippen LogP contribution >= 0.6 is 0 Å². The fraction of sp³-hybridized carbons (Fsp3) is 0.615. The SMILES string of the molecule is CCc1cccnc1NC(C)C(C)CC. The number of hydrogen-bond donors (Lipinski definition) is 1. The predicted molar refractivity (Wildman–Crippen MR) is 66.2 cm³/mol. The van der Waals surface area contributed by atoms with Crippen LogP contribution in [0.25, 0.3) is 0 Å². The molecular weight excluding hydrogens is 184 g/mol. The minimum Gasteiger partial charge on any atom is -0.367 e. The molecule has 84 valence electrons. The molecule has 0 aliphatic rings. The first-order valence-electron chi connectivity index (χ1n) is 5.89. The van der Waals surface area contributed by atoms with Crippen LogP contribution < -0.4 is 5.32 Å². The average Bonchev–Trinajstić information content (AvgIpc) is 2.28. The zero-order valence-corrected chi connectivity index (χ0v) is 10.2. The molecule has 0 spiro atoms. The van der Waals surface area contributed by atoms with E-state index in [9.17, 15) is 0 Å². The number of nitrogens with one attached hydrogen (secondary N) is 1. The quantitative estimate of drug-likeness (QED) is 0.797. The van der Waals surface area contributed by atoms with Gasteiger partial charge in [-0.1, -0.05) is 33.3 Å². The maximum Gasteiger partial charge on any atom is 0.129 e. The van der Waals surface area contributed by atoms with Gasteiger partial charge in [0.1, 0.15) is 5.82 Å². The van der Waals surface area contributed by atoms with Gasteiger partial charge in [0.2, 0.25) is 0 Å². The van der Waals surface area contributed by atoms with Crippen LogP contribution in [0.1, 0.15) is 39.7 Å². The van der Waals surface area contributed by atoms with Gasteiger partial charge < -0.3 is 5.32 Å². The molecule has 2 heteroatoms. The van der Waals surface area contributed by atoms with E-state index in [2.05, 4.69) is 44.1 Å². The van der Waals surface area contributed by atoms with Gasteiger partial charge in [-0.3, -0.25) is 0 Å². The Hall–Kier alpha value is -1.05. The molecule has 1 heterocycles. The molecule has 0 saturated carbocycles. The van der Waals surface area contributed by atoms with Crippen molar-refractivity contribution in [3.8, 4) is 0 Å². The molecular formula is C13H22N2. The molecule has 0 bridgehead atoms. The van der Waals surface area contributed by atoms with Crippen LogP contribution in [0, 0.1) is 5.92 Å². The zero-order valence-electron chi connectivity index (χ0n) is 10.2. The monoisotopic (exact) mass is 206 g/mol. The van der Waals surface area contributed by atoms with Crippen molar-refractivity contribution in [2.24, 2.45) is 5.92 Å². The largest absolute Gasteiger partial charge is 0.367 e. The van der Waals surface area contributed by atoms with Crippen LogP contribution in [0.2, 0.25) is 0 Å². The summed E-state index contributed by atoms with van der Waals surface area (Å²) in [6.07, 6.45) is 4.08. The molecule has 2 nitrogen and oxygen atoms in total. The molecule has 1 aromatic rings. The van der Waals surface area contributed by atoms with E-state index in [1.807, 2.05) is 12.3 Å². The smallest absolute Gasteiger partial charge is 0.129 e. The Labute approximate surface area is 93.1 Å². The highest BCUT2D eigenvalue weighted by atomic mass is 15.0. The Morgan fingerprint density at radius 3 is 2.67 bits per heavy atom. The molecule has 0 aliphatic heterocycles. The standard InChI is InChI=1S/C13H22N2/c1-5-10(3)11(4)15-13-12(6-2)8-7-9-14-13/h7-11H,5-6H2,1-4H3,(H,14,15). The predicted octanol–water partition coefficient (Wildman–Crippen LogP) is 3.49. The van der Waals surface area contributed by atoms with Crippen LogP contribution in [0.15, 0.2) is 18.3 Å². The maximum atomic E-state index is 4.40. The highest BCUT2D eigenvalue weighted by Crippen LogP contribution is 2.17. The summed E-state index contributed by atoms with van der Waals surface area (Å²) < 4.78 is 0. The summed E-state index contributed by atoms with van der Waals surface area (Å²) in [4.78, 5) is 4.40. The topological polar surface area (TPSA) is 24.9 Å². The number of aromatic nitrogens is 1. The summed E-state index contributed by atoms with van der Waals surface area (Å²) in [5.74, 6) is 1.73. The van der Waals surface area contributed by atoms with Gasteiger partial charge in [0.05, 0.1) is 0 Å². The van der Waals surface area contributed by atoms with E-state index in [1.54, 1.807) is 0 Å². The number of pyridine rings is 1. The van der Waals surface area contributed by atoms with Crippen LogP contribution in [-0.4, -0.2) is 11.0 Å². The number of nitrogens with zero attached hydrogens (tertiary/aromatic N) is 1. The lowest BCUT2D eigenvalue weighted by Crippen LogP contribution is -2.24. The Morgan fingerprint density at radius 1 is 1.33 bits per heavy atom. The zero-order chi connectivity index (χ0) is 11.3. The van der Waals surface area contributed by atoms with E-state index in [4.69, 9.17) is 0 Å². The van der Waals surface area contributed by atoms with Gasteiger partial charge in [0, 0.05) is 12.2 Å². The summed E-state index contributed by atoms with van der Waals surface area (Å²) in [6, 6.07) is 4.62. The highest BCUT2D eigenvalue weighted by molar-refractivity contribution is 5.44. The average molecular weight is 206 g/mol. The molecule has 1 aromatic heterocycles. The van der Waals surface area contributed by atoms with Gasteiger partial charge in [-0.15, -0.1) is 0 Å². The summed E-state index contributed by atoms with van der Waals surface area (Å²) in [6.45, 7) is 8.88. The number of aryl methyl sites for hydroxylation is 1. The van der Waals surface area contributed by atoms with E-state index < -0.39 is 0 Å². The molecule has 0 aromatic carbocycles. The Morgan fingerprint density at radius 2 is 2.07 bits per heavy atom. The van der Waals surface area contributed by atoms with Gasteiger partial charge in [0.25, 0.3) is 0 Å². The van der Waals surface area contributed by atoms with E-state index in [0.29, 0.717) is 12.0 Å². The molecule has 1 rings (SSSR count). The maximum absolute atomic E-state index is 4.40. The molecule has 15 heavy (non-hydrogen) atoms. The second-order valence-electron chi connectivity index (χ2n) is 4.18. The third-order valence-corrected chi connectivity index (χ3v) is 3.13. The third-order valence-electron chi connectivity index (χ3n) is 3.13.